The molecule has 5 aromatic rings. The zero-order valence-corrected chi connectivity index (χ0v) is 39.9. The number of esters is 1. The molecule has 0 aromatic heterocycles. The summed E-state index contributed by atoms with van der Waals surface area (Å²) in [5, 5.41) is 20.4. The fraction of sp³-hybridized carbons (Fsp3) is 0.286. The van der Waals surface area contributed by atoms with Gasteiger partial charge in [0.15, 0.2) is 11.5 Å². The van der Waals surface area contributed by atoms with Gasteiger partial charge >= 0.3 is 11.9 Å². The lowest BCUT2D eigenvalue weighted by Crippen LogP contribution is -2.39. The lowest BCUT2D eigenvalue weighted by Gasteiger charge is -2.20. The average molecular weight is 1030 g/mol. The number of methoxy groups -OCH3 is 6. The van der Waals surface area contributed by atoms with E-state index >= 15 is 0 Å². The number of hydrogen-bond acceptors (Lipinski definition) is 12. The van der Waals surface area contributed by atoms with Gasteiger partial charge in [0, 0.05) is 49.1 Å². The predicted molar refractivity (Wildman–Crippen MR) is 239 cm³/mol. The van der Waals surface area contributed by atoms with Gasteiger partial charge in [0.25, 0.3) is 0 Å². The van der Waals surface area contributed by atoms with Crippen LogP contribution in [0.25, 0.3) is 0 Å². The third kappa shape index (κ3) is 16.6. The first kappa shape index (κ1) is 60.7. The molecule has 0 bridgehead atoms. The number of terminal acetylenes is 1. The summed E-state index contributed by atoms with van der Waals surface area (Å²) in [7, 11) is 8.85. The number of halogens is 10. The van der Waals surface area contributed by atoms with Crippen molar-refractivity contribution in [2.45, 2.75) is 46.1 Å². The van der Waals surface area contributed by atoms with Gasteiger partial charge in [-0.05, 0) is 51.1 Å². The minimum Gasteiger partial charge on any atom is -0.503 e. The highest BCUT2D eigenvalue weighted by atomic mass is 19.2. The summed E-state index contributed by atoms with van der Waals surface area (Å²) in [5.41, 5.74) is 2.10. The van der Waals surface area contributed by atoms with Crippen molar-refractivity contribution in [3.8, 4) is 41.6 Å². The Hall–Kier alpha value is -7.39. The van der Waals surface area contributed by atoms with Crippen LogP contribution in [0.3, 0.4) is 0 Å². The maximum absolute atomic E-state index is 13.6. The van der Waals surface area contributed by atoms with Crippen molar-refractivity contribution in [1.29, 1.82) is 0 Å². The largest absolute Gasteiger partial charge is 0.503 e. The summed E-state index contributed by atoms with van der Waals surface area (Å²) >= 11 is 0. The lowest BCUT2D eigenvalue weighted by atomic mass is 10.0. The molecule has 0 saturated heterocycles. The Morgan fingerprint density at radius 3 is 1.22 bits per heavy atom. The van der Waals surface area contributed by atoms with Crippen LogP contribution >= 0.6 is 0 Å². The number of aromatic hydroxyl groups is 1. The summed E-state index contributed by atoms with van der Waals surface area (Å²) in [6.45, 7) is 6.86. The predicted octanol–water partition coefficient (Wildman–Crippen LogP) is 10.0. The number of carboxylic acids is 1. The van der Waals surface area contributed by atoms with Gasteiger partial charge in [-0.15, -0.1) is 12.8 Å². The van der Waals surface area contributed by atoms with Crippen LogP contribution in [0.4, 0.5) is 43.9 Å². The van der Waals surface area contributed by atoms with E-state index in [2.05, 4.69) is 16.5 Å². The second kappa shape index (κ2) is 29.7. The summed E-state index contributed by atoms with van der Waals surface area (Å²) in [5.74, 6) is -26.8. The molecule has 23 heteroatoms. The van der Waals surface area contributed by atoms with E-state index in [9.17, 15) is 58.3 Å². The van der Waals surface area contributed by atoms with Crippen LogP contribution in [0.1, 0.15) is 69.9 Å². The second-order valence-electron chi connectivity index (χ2n) is 14.8. The monoisotopic (exact) mass is 1030 g/mol. The maximum atomic E-state index is 13.6. The molecular formula is C49H49F10NO12. The molecule has 0 radical (unpaired) electrons. The van der Waals surface area contributed by atoms with Crippen LogP contribution < -0.4 is 24.3 Å². The van der Waals surface area contributed by atoms with E-state index in [-0.39, 0.29) is 47.0 Å². The Morgan fingerprint density at radius 2 is 0.875 bits per heavy atom. The molecule has 72 heavy (non-hydrogen) atoms. The molecule has 0 spiro atoms. The summed E-state index contributed by atoms with van der Waals surface area (Å²) in [6, 6.07) is 14.4. The molecule has 0 heterocycles. The first-order valence-corrected chi connectivity index (χ1v) is 20.1. The average Bonchev–Trinajstić information content (AvgIpc) is 3.37. The van der Waals surface area contributed by atoms with Crippen molar-refractivity contribution in [2.24, 2.45) is 0 Å². The first-order valence-electron chi connectivity index (χ1n) is 20.6. The zero-order chi connectivity index (χ0) is 55.9. The minimum absolute atomic E-state index is 0.0425. The number of carbonyl (C=O) groups excluding carboxylic acids is 2. The van der Waals surface area contributed by atoms with Crippen LogP contribution in [-0.2, 0) is 34.0 Å². The zero-order valence-electron chi connectivity index (χ0n) is 40.9. The number of carbonyl (C=O) groups is 3. The summed E-state index contributed by atoms with van der Waals surface area (Å²) in [6.07, 6.45) is 5.76. The molecule has 0 unspecified atom stereocenters. The van der Waals surface area contributed by atoms with Crippen molar-refractivity contribution >= 4 is 17.7 Å². The number of carboxylic acid groups (broad SMARTS) is 1. The molecule has 0 aliphatic carbocycles. The molecule has 392 valence electrons. The third-order valence-electron chi connectivity index (χ3n) is 9.01. The highest BCUT2D eigenvalue weighted by molar-refractivity contribution is 5.99. The van der Waals surface area contributed by atoms with E-state index in [1.165, 1.54) is 59.1 Å². The Labute approximate surface area is 408 Å². The van der Waals surface area contributed by atoms with Gasteiger partial charge in [0.1, 0.15) is 18.6 Å². The van der Waals surface area contributed by atoms with Gasteiger partial charge in [-0.25, -0.2) is 35.9 Å². The van der Waals surface area contributed by atoms with Crippen LogP contribution in [0.2, 0.25) is 0 Å². The van der Waals surface area contributed by atoms with Crippen molar-refractivity contribution in [3.05, 3.63) is 146 Å². The molecule has 3 N–H and O–H groups in total. The van der Waals surface area contributed by atoms with Gasteiger partial charge in [-0.3, -0.25) is 4.79 Å². The SMILES string of the molecule is COCc1c(OC)cccc1C(=O)CNC(C)(C)C.COCc1c(OC)cccc1C(=O)O.COCc1c(OC)cccc1C(=O)Oc1c(F)c(F)c(F)c(F)c1F.Oc1c(F)c(F)c(F)c(F)c1F.[2H]C#C. The van der Waals surface area contributed by atoms with E-state index in [4.69, 9.17) is 40.0 Å². The molecule has 0 atom stereocenters. The third-order valence-corrected chi connectivity index (χ3v) is 9.01. The fourth-order valence-electron chi connectivity index (χ4n) is 5.66. The minimum atomic E-state index is -2.35. The quantitative estimate of drug-likeness (QED) is 0.0173. The van der Waals surface area contributed by atoms with E-state index < -0.39 is 81.6 Å². The molecular weight excluding hydrogens is 985 g/mol. The van der Waals surface area contributed by atoms with Gasteiger partial charge in [0.05, 0.1) is 58.8 Å². The number of hydrogen-bond donors (Lipinski definition) is 3. The molecule has 0 aliphatic rings. The highest BCUT2D eigenvalue weighted by Crippen LogP contribution is 2.32. The number of phenolic OH excluding ortho intramolecular Hbond substituents is 1. The standard InChI is InChI=1S/C16H11F5O4.C15H23NO3.C10H12O4.C6HF5O.C2H2/c1-23-6-8-7(4-3-5-9(8)24-2)16(22)25-15-13(20)11(18)10(17)12(19)14(15)21;1-15(2,3)16-9-13(17)11-7-6-8-14(19-5)12(11)10-18-4;1-13-6-8-7(10(11)12)4-3-5-9(8)14-2;7-1-2(8)4(10)6(12)5(11)3(1)9;1-2/h3-5H,6H2,1-2H3;6-8,16H,9-10H2,1-5H3;3-5H,6H2,1-2H3,(H,11,12);12H;1-2H/i;;;;1D. The van der Waals surface area contributed by atoms with Crippen molar-refractivity contribution in [1.82, 2.24) is 5.32 Å². The number of Topliss-reactive ketones (excluding diaryl/α,β-unsaturated/α-hetero) is 1. The van der Waals surface area contributed by atoms with Gasteiger partial charge in [0.2, 0.25) is 63.9 Å². The molecule has 5 rings (SSSR count). The van der Waals surface area contributed by atoms with Crippen molar-refractivity contribution in [2.75, 3.05) is 49.2 Å². The van der Waals surface area contributed by atoms with Gasteiger partial charge in [-0.2, -0.15) is 17.6 Å². The van der Waals surface area contributed by atoms with E-state index in [1.807, 2.05) is 39.0 Å². The topological polar surface area (TPSA) is 168 Å². The smallest absolute Gasteiger partial charge is 0.344 e. The lowest BCUT2D eigenvalue weighted by molar-refractivity contribution is 0.0687. The van der Waals surface area contributed by atoms with E-state index in [0.717, 1.165) is 5.56 Å². The number of ketones is 1. The van der Waals surface area contributed by atoms with Crippen LogP contribution in [0.5, 0.6) is 28.7 Å². The first-order chi connectivity index (χ1) is 34.3. The van der Waals surface area contributed by atoms with Crippen LogP contribution in [-0.4, -0.2) is 82.7 Å². The Kier molecular flexibility index (Phi) is 25.1. The van der Waals surface area contributed by atoms with E-state index in [1.54, 1.807) is 26.4 Å². The van der Waals surface area contributed by atoms with Crippen molar-refractivity contribution < 1.29 is 103 Å². The maximum Gasteiger partial charge on any atom is 0.344 e. The van der Waals surface area contributed by atoms with E-state index in [0.29, 0.717) is 35.8 Å². The second-order valence-corrected chi connectivity index (χ2v) is 14.8. The van der Waals surface area contributed by atoms with Crippen molar-refractivity contribution in [3.63, 3.8) is 0 Å². The molecule has 0 saturated carbocycles. The fourth-order valence-corrected chi connectivity index (χ4v) is 5.66. The number of rotatable bonds is 15. The molecule has 13 nitrogen and oxygen atoms in total. The Balaban J connectivity index is 0.000000495. The number of phenols is 1. The molecule has 0 fully saturated rings. The highest BCUT2D eigenvalue weighted by Gasteiger charge is 2.30. The normalized spacial score (nSPS) is 10.5. The molecule has 0 aliphatic heterocycles. The van der Waals surface area contributed by atoms with Crippen LogP contribution in [0, 0.1) is 71.0 Å². The summed E-state index contributed by atoms with van der Waals surface area (Å²) < 4.78 is 168. The van der Waals surface area contributed by atoms with Gasteiger partial charge < -0.3 is 48.7 Å². The van der Waals surface area contributed by atoms with Crippen LogP contribution in [0.15, 0.2) is 54.6 Å². The number of aromatic carboxylic acids is 1. The Bertz CT molecular complexity index is 2600. The number of nitrogens with one attached hydrogen (secondary N) is 1. The Morgan fingerprint density at radius 1 is 0.556 bits per heavy atom. The van der Waals surface area contributed by atoms with Gasteiger partial charge in [-0.1, -0.05) is 24.3 Å². The summed E-state index contributed by atoms with van der Waals surface area (Å²) in [4.78, 5) is 35.3. The number of benzene rings is 5. The molecule has 5 aromatic carbocycles. The number of ether oxygens (including phenoxy) is 7. The molecule has 0 amide bonds.